The molecule has 0 aliphatic rings. The van der Waals surface area contributed by atoms with E-state index in [4.69, 9.17) is 16.3 Å². The fraction of sp³-hybridized carbons (Fsp3) is 0.263. The van der Waals surface area contributed by atoms with Crippen molar-refractivity contribution >= 4 is 58.5 Å². The number of nitrogens with zero attached hydrogens (tertiary/aromatic N) is 1. The zero-order chi connectivity index (χ0) is 19.3. The standard InChI is InChI=1S/C19H20ClNO3SSe/c1-12(18(22)24-4)14-10-11-15(25-19(23)21(2)3)16(20)17(14)26-13-8-6-5-7-9-13/h5-12H,1-4H3. The molecule has 26 heavy (non-hydrogen) atoms. The molecule has 1 amide bonds. The zero-order valence-corrected chi connectivity index (χ0v) is 18.3. The number of halogens is 1. The second kappa shape index (κ2) is 9.47. The predicted octanol–water partition coefficient (Wildman–Crippen LogP) is 3.05. The molecule has 2 aromatic carbocycles. The van der Waals surface area contributed by atoms with Gasteiger partial charge in [-0.15, -0.1) is 0 Å². The monoisotopic (exact) mass is 457 g/mol. The van der Waals surface area contributed by atoms with E-state index in [0.717, 1.165) is 26.2 Å². The van der Waals surface area contributed by atoms with Crippen LogP contribution in [0.4, 0.5) is 4.79 Å². The molecule has 0 aliphatic carbocycles. The van der Waals surface area contributed by atoms with Gasteiger partial charge in [0.05, 0.1) is 0 Å². The van der Waals surface area contributed by atoms with Crippen LogP contribution in [0, 0.1) is 0 Å². The number of carbonyl (C=O) groups excluding carboxylic acids is 2. The maximum absolute atomic E-state index is 12.1. The van der Waals surface area contributed by atoms with Gasteiger partial charge in [0.2, 0.25) is 0 Å². The van der Waals surface area contributed by atoms with Crippen molar-refractivity contribution in [3.8, 4) is 0 Å². The van der Waals surface area contributed by atoms with Crippen LogP contribution in [0.1, 0.15) is 18.4 Å². The Morgan fingerprint density at radius 1 is 1.15 bits per heavy atom. The Hall–Kier alpha value is -1.46. The van der Waals surface area contributed by atoms with Crippen LogP contribution < -0.4 is 8.92 Å². The van der Waals surface area contributed by atoms with Crippen molar-refractivity contribution in [1.82, 2.24) is 4.90 Å². The van der Waals surface area contributed by atoms with Crippen molar-refractivity contribution in [3.05, 3.63) is 53.1 Å². The molecule has 2 rings (SSSR count). The molecule has 0 N–H and O–H groups in total. The van der Waals surface area contributed by atoms with Crippen molar-refractivity contribution < 1.29 is 14.3 Å². The van der Waals surface area contributed by atoms with Gasteiger partial charge in [-0.2, -0.15) is 0 Å². The summed E-state index contributed by atoms with van der Waals surface area (Å²) in [6.45, 7) is 1.81. The van der Waals surface area contributed by atoms with E-state index in [0.29, 0.717) is 9.92 Å². The molecule has 0 bridgehead atoms. The normalized spacial score (nSPS) is 11.7. The Morgan fingerprint density at radius 3 is 2.38 bits per heavy atom. The van der Waals surface area contributed by atoms with Crippen LogP contribution in [-0.4, -0.2) is 52.3 Å². The van der Waals surface area contributed by atoms with Crippen LogP contribution >= 0.6 is 23.4 Å². The second-order valence-electron chi connectivity index (χ2n) is 5.72. The minimum absolute atomic E-state index is 0.0983. The van der Waals surface area contributed by atoms with Gasteiger partial charge < -0.3 is 0 Å². The molecule has 0 aliphatic heterocycles. The van der Waals surface area contributed by atoms with Gasteiger partial charge in [0.1, 0.15) is 0 Å². The van der Waals surface area contributed by atoms with Crippen molar-refractivity contribution in [2.75, 3.05) is 21.2 Å². The summed E-state index contributed by atoms with van der Waals surface area (Å²) in [5.74, 6) is -0.738. The molecular weight excluding hydrogens is 437 g/mol. The van der Waals surface area contributed by atoms with Crippen LogP contribution in [0.5, 0.6) is 0 Å². The summed E-state index contributed by atoms with van der Waals surface area (Å²) >= 11 is 7.66. The first-order chi connectivity index (χ1) is 12.3. The van der Waals surface area contributed by atoms with Crippen LogP contribution in [0.2, 0.25) is 5.02 Å². The molecule has 0 aromatic heterocycles. The summed E-state index contributed by atoms with van der Waals surface area (Å²) < 4.78 is 6.94. The topological polar surface area (TPSA) is 46.6 Å². The number of esters is 1. The summed E-state index contributed by atoms with van der Waals surface area (Å²) in [7, 11) is 4.78. The summed E-state index contributed by atoms with van der Waals surface area (Å²) in [6, 6.07) is 13.7. The van der Waals surface area contributed by atoms with E-state index >= 15 is 0 Å². The molecule has 0 fully saturated rings. The van der Waals surface area contributed by atoms with Gasteiger partial charge in [0.15, 0.2) is 0 Å². The average molecular weight is 457 g/mol. The first-order valence-electron chi connectivity index (χ1n) is 7.87. The predicted molar refractivity (Wildman–Crippen MR) is 108 cm³/mol. The molecule has 0 spiro atoms. The Balaban J connectivity index is 2.49. The summed E-state index contributed by atoms with van der Waals surface area (Å²) in [4.78, 5) is 26.3. The fourth-order valence-electron chi connectivity index (χ4n) is 2.17. The second-order valence-corrected chi connectivity index (χ2v) is 9.36. The molecule has 2 aromatic rings. The average Bonchev–Trinajstić information content (AvgIpc) is 2.64. The SMILES string of the molecule is COC(=O)C(C)c1ccc(SC(=O)N(C)C)c(Cl)c1[Se]c1ccccc1. The number of rotatable bonds is 5. The first-order valence-corrected chi connectivity index (χ1v) is 10.8. The molecule has 1 atom stereocenters. The molecular formula is C19H20ClNO3SSe. The number of thioether (sulfide) groups is 1. The summed E-state index contributed by atoms with van der Waals surface area (Å²) in [5, 5.41) is 0.432. The van der Waals surface area contributed by atoms with Gasteiger partial charge in [-0.3, -0.25) is 0 Å². The van der Waals surface area contributed by atoms with Crippen molar-refractivity contribution in [2.45, 2.75) is 17.7 Å². The Labute approximate surface area is 169 Å². The van der Waals surface area contributed by atoms with Gasteiger partial charge in [-0.25, -0.2) is 0 Å². The number of benzene rings is 2. The quantitative estimate of drug-likeness (QED) is 0.394. The molecule has 7 heteroatoms. The van der Waals surface area contributed by atoms with Crippen LogP contribution in [-0.2, 0) is 9.53 Å². The number of methoxy groups -OCH3 is 1. The van der Waals surface area contributed by atoms with E-state index in [1.54, 1.807) is 27.1 Å². The maximum atomic E-state index is 12.1. The number of hydrogen-bond acceptors (Lipinski definition) is 4. The van der Waals surface area contributed by atoms with E-state index in [1.807, 2.05) is 36.4 Å². The molecule has 0 radical (unpaired) electrons. The van der Waals surface area contributed by atoms with Gasteiger partial charge in [0, 0.05) is 0 Å². The number of carbonyl (C=O) groups is 2. The van der Waals surface area contributed by atoms with E-state index in [1.165, 1.54) is 12.0 Å². The van der Waals surface area contributed by atoms with Gasteiger partial charge >= 0.3 is 170 Å². The van der Waals surface area contributed by atoms with E-state index in [-0.39, 0.29) is 26.2 Å². The van der Waals surface area contributed by atoms with Crippen molar-refractivity contribution in [2.24, 2.45) is 0 Å². The first kappa shape index (κ1) is 20.8. The van der Waals surface area contributed by atoms with Gasteiger partial charge in [-0.1, -0.05) is 0 Å². The van der Waals surface area contributed by atoms with Gasteiger partial charge in [0.25, 0.3) is 0 Å². The molecule has 0 heterocycles. The molecule has 4 nitrogen and oxygen atoms in total. The molecule has 0 saturated carbocycles. The number of ether oxygens (including phenoxy) is 1. The molecule has 1 unspecified atom stereocenters. The zero-order valence-electron chi connectivity index (χ0n) is 15.0. The number of hydrogen-bond donors (Lipinski definition) is 0. The van der Waals surface area contributed by atoms with E-state index < -0.39 is 5.92 Å². The van der Waals surface area contributed by atoms with Gasteiger partial charge in [-0.05, 0) is 0 Å². The third kappa shape index (κ3) is 5.04. The van der Waals surface area contributed by atoms with Crippen LogP contribution in [0.25, 0.3) is 0 Å². The summed E-state index contributed by atoms with van der Waals surface area (Å²) in [5.41, 5.74) is 0.840. The number of amides is 1. The van der Waals surface area contributed by atoms with Crippen molar-refractivity contribution in [3.63, 3.8) is 0 Å². The fourth-order valence-corrected chi connectivity index (χ4v) is 5.79. The Morgan fingerprint density at radius 2 is 1.81 bits per heavy atom. The molecule has 138 valence electrons. The third-order valence-corrected chi connectivity index (χ3v) is 7.91. The third-order valence-electron chi connectivity index (χ3n) is 3.64. The summed E-state index contributed by atoms with van der Waals surface area (Å²) in [6.07, 6.45) is 0. The van der Waals surface area contributed by atoms with Crippen LogP contribution in [0.15, 0.2) is 47.4 Å². The van der Waals surface area contributed by atoms with E-state index in [9.17, 15) is 9.59 Å². The van der Waals surface area contributed by atoms with Crippen LogP contribution in [0.3, 0.4) is 0 Å². The minimum atomic E-state index is -0.429. The molecule has 0 saturated heterocycles. The Bertz CT molecular complexity index is 799. The Kier molecular flexibility index (Phi) is 7.59. The van der Waals surface area contributed by atoms with Crippen molar-refractivity contribution in [1.29, 1.82) is 0 Å². The van der Waals surface area contributed by atoms with E-state index in [2.05, 4.69) is 0 Å².